The Balaban J connectivity index is 1.65. The number of thiophene rings is 1. The minimum Gasteiger partial charge on any atom is -0.467 e. The predicted octanol–water partition coefficient (Wildman–Crippen LogP) is 4.86. The average Bonchev–Trinajstić information content (AvgIpc) is 2.98. The lowest BCUT2D eigenvalue weighted by atomic mass is 9.83. The van der Waals surface area contributed by atoms with Gasteiger partial charge in [0.05, 0.1) is 10.6 Å². The van der Waals surface area contributed by atoms with E-state index in [0.717, 1.165) is 22.6 Å². The minimum absolute atomic E-state index is 0.132. The Morgan fingerprint density at radius 3 is 2.84 bits per heavy atom. The fourth-order valence-corrected chi connectivity index (χ4v) is 3.64. The van der Waals surface area contributed by atoms with E-state index in [1.54, 1.807) is 17.6 Å². The maximum Gasteiger partial charge on any atom is 0.126 e. The number of hydrogen-bond donors (Lipinski definition) is 1. The van der Waals surface area contributed by atoms with Crippen LogP contribution in [0.4, 0.5) is 0 Å². The van der Waals surface area contributed by atoms with Crippen molar-refractivity contribution in [2.45, 2.75) is 31.7 Å². The van der Waals surface area contributed by atoms with E-state index in [-0.39, 0.29) is 6.04 Å². The van der Waals surface area contributed by atoms with Crippen LogP contribution < -0.4 is 5.32 Å². The summed E-state index contributed by atoms with van der Waals surface area (Å²) in [5, 5.41) is 3.61. The molecule has 0 bridgehead atoms. The zero-order valence-electron chi connectivity index (χ0n) is 10.8. The number of furan rings is 1. The van der Waals surface area contributed by atoms with Gasteiger partial charge in [-0.2, -0.15) is 0 Å². The van der Waals surface area contributed by atoms with Crippen LogP contribution in [0, 0.1) is 5.92 Å². The van der Waals surface area contributed by atoms with Gasteiger partial charge in [0.2, 0.25) is 0 Å². The minimum atomic E-state index is 0.132. The highest BCUT2D eigenvalue weighted by Gasteiger charge is 2.21. The maximum absolute atomic E-state index is 6.04. The second kappa shape index (κ2) is 6.12. The predicted molar refractivity (Wildman–Crippen MR) is 79.8 cm³/mol. The quantitative estimate of drug-likeness (QED) is 0.823. The molecular formula is C15H18ClNOS. The second-order valence-electron chi connectivity index (χ2n) is 5.13. The zero-order chi connectivity index (χ0) is 13.1. The third kappa shape index (κ3) is 3.22. The summed E-state index contributed by atoms with van der Waals surface area (Å²) < 4.78 is 6.38. The molecule has 2 aromatic heterocycles. The van der Waals surface area contributed by atoms with Crippen LogP contribution >= 0.6 is 22.9 Å². The molecule has 3 rings (SSSR count). The highest BCUT2D eigenvalue weighted by atomic mass is 35.5. The lowest BCUT2D eigenvalue weighted by Gasteiger charge is -2.26. The monoisotopic (exact) mass is 295 g/mol. The van der Waals surface area contributed by atoms with Crippen molar-refractivity contribution in [1.29, 1.82) is 0 Å². The number of rotatable bonds is 6. The molecule has 1 aliphatic carbocycles. The van der Waals surface area contributed by atoms with Gasteiger partial charge in [0.1, 0.15) is 11.8 Å². The molecule has 1 N–H and O–H groups in total. The summed E-state index contributed by atoms with van der Waals surface area (Å²) in [6.45, 7) is 1.03. The number of hydrogen-bond acceptors (Lipinski definition) is 3. The molecule has 4 heteroatoms. The summed E-state index contributed by atoms with van der Waals surface area (Å²) in [5.74, 6) is 1.89. The van der Waals surface area contributed by atoms with Crippen molar-refractivity contribution in [2.24, 2.45) is 5.92 Å². The van der Waals surface area contributed by atoms with Gasteiger partial charge < -0.3 is 9.73 Å². The van der Waals surface area contributed by atoms with Gasteiger partial charge in [-0.15, -0.1) is 11.3 Å². The molecule has 0 amide bonds. The van der Waals surface area contributed by atoms with E-state index in [1.807, 2.05) is 18.2 Å². The Bertz CT molecular complexity index is 504. The highest BCUT2D eigenvalue weighted by molar-refractivity contribution is 7.16. The van der Waals surface area contributed by atoms with Crippen LogP contribution in [0.3, 0.4) is 0 Å². The Morgan fingerprint density at radius 2 is 2.26 bits per heavy atom. The maximum atomic E-state index is 6.04. The SMILES string of the molecule is Clc1ccc(C(NCCC2CCC2)c2ccco2)s1. The number of halogens is 1. The van der Waals surface area contributed by atoms with Crippen LogP contribution in [0.1, 0.15) is 42.4 Å². The molecule has 0 radical (unpaired) electrons. The molecule has 0 spiro atoms. The Kier molecular flexibility index (Phi) is 4.26. The first-order valence-corrected chi connectivity index (χ1v) is 8.04. The fraction of sp³-hybridized carbons (Fsp3) is 0.467. The zero-order valence-corrected chi connectivity index (χ0v) is 12.3. The molecule has 1 atom stereocenters. The highest BCUT2D eigenvalue weighted by Crippen LogP contribution is 2.32. The van der Waals surface area contributed by atoms with Gasteiger partial charge in [-0.1, -0.05) is 30.9 Å². The van der Waals surface area contributed by atoms with Gasteiger partial charge in [-0.05, 0) is 43.1 Å². The summed E-state index contributed by atoms with van der Waals surface area (Å²) in [4.78, 5) is 1.22. The van der Waals surface area contributed by atoms with E-state index in [0.29, 0.717) is 0 Å². The van der Waals surface area contributed by atoms with Crippen molar-refractivity contribution in [3.63, 3.8) is 0 Å². The normalized spacial score (nSPS) is 17.3. The average molecular weight is 296 g/mol. The van der Waals surface area contributed by atoms with Crippen LogP contribution in [-0.2, 0) is 0 Å². The van der Waals surface area contributed by atoms with Crippen LogP contribution in [0.25, 0.3) is 0 Å². The van der Waals surface area contributed by atoms with Gasteiger partial charge in [-0.25, -0.2) is 0 Å². The molecule has 1 unspecified atom stereocenters. The van der Waals surface area contributed by atoms with Crippen molar-refractivity contribution in [3.8, 4) is 0 Å². The Labute approximate surface area is 122 Å². The standard InChI is InChI=1S/C15H18ClNOS/c16-14-7-6-13(19-14)15(12-5-2-10-18-12)17-9-8-11-3-1-4-11/h2,5-7,10-11,15,17H,1,3-4,8-9H2. The molecule has 0 saturated heterocycles. The van der Waals surface area contributed by atoms with E-state index < -0.39 is 0 Å². The van der Waals surface area contributed by atoms with E-state index in [1.165, 1.54) is 30.6 Å². The van der Waals surface area contributed by atoms with Gasteiger partial charge in [0, 0.05) is 4.88 Å². The number of nitrogens with one attached hydrogen (secondary N) is 1. The fourth-order valence-electron chi connectivity index (χ4n) is 2.49. The van der Waals surface area contributed by atoms with Crippen LogP contribution in [-0.4, -0.2) is 6.54 Å². The molecule has 2 nitrogen and oxygen atoms in total. The molecule has 0 aliphatic heterocycles. The third-order valence-corrected chi connectivity index (χ3v) is 5.13. The molecule has 102 valence electrons. The Hall–Kier alpha value is -0.770. The summed E-state index contributed by atoms with van der Waals surface area (Å²) >= 11 is 7.66. The van der Waals surface area contributed by atoms with Crippen molar-refractivity contribution < 1.29 is 4.42 Å². The first kappa shape index (κ1) is 13.2. The van der Waals surface area contributed by atoms with Gasteiger partial charge in [0.15, 0.2) is 0 Å². The first-order chi connectivity index (χ1) is 9.33. The molecule has 2 aromatic rings. The summed E-state index contributed by atoms with van der Waals surface area (Å²) in [6, 6.07) is 8.12. The van der Waals surface area contributed by atoms with Crippen LogP contribution in [0.2, 0.25) is 4.34 Å². The summed E-state index contributed by atoms with van der Waals surface area (Å²) in [5.41, 5.74) is 0. The lowest BCUT2D eigenvalue weighted by Crippen LogP contribution is -2.25. The topological polar surface area (TPSA) is 25.2 Å². The molecule has 2 heterocycles. The van der Waals surface area contributed by atoms with E-state index in [4.69, 9.17) is 16.0 Å². The Morgan fingerprint density at radius 1 is 1.37 bits per heavy atom. The lowest BCUT2D eigenvalue weighted by molar-refractivity contribution is 0.287. The molecule has 1 saturated carbocycles. The van der Waals surface area contributed by atoms with Crippen LogP contribution in [0.5, 0.6) is 0 Å². The van der Waals surface area contributed by atoms with Crippen LogP contribution in [0.15, 0.2) is 34.9 Å². The molecule has 19 heavy (non-hydrogen) atoms. The third-order valence-electron chi connectivity index (χ3n) is 3.83. The second-order valence-corrected chi connectivity index (χ2v) is 6.88. The summed E-state index contributed by atoms with van der Waals surface area (Å²) in [7, 11) is 0. The van der Waals surface area contributed by atoms with Crippen molar-refractivity contribution in [2.75, 3.05) is 6.54 Å². The van der Waals surface area contributed by atoms with E-state index >= 15 is 0 Å². The van der Waals surface area contributed by atoms with E-state index in [9.17, 15) is 0 Å². The van der Waals surface area contributed by atoms with Crippen molar-refractivity contribution in [3.05, 3.63) is 45.5 Å². The summed E-state index contributed by atoms with van der Waals surface area (Å²) in [6.07, 6.45) is 7.20. The van der Waals surface area contributed by atoms with Crippen molar-refractivity contribution >= 4 is 22.9 Å². The van der Waals surface area contributed by atoms with Gasteiger partial charge in [0.25, 0.3) is 0 Å². The molecular weight excluding hydrogens is 278 g/mol. The molecule has 0 aromatic carbocycles. The van der Waals surface area contributed by atoms with Gasteiger partial charge >= 0.3 is 0 Å². The van der Waals surface area contributed by atoms with Gasteiger partial charge in [-0.3, -0.25) is 0 Å². The van der Waals surface area contributed by atoms with E-state index in [2.05, 4.69) is 11.4 Å². The first-order valence-electron chi connectivity index (χ1n) is 6.85. The largest absolute Gasteiger partial charge is 0.467 e. The van der Waals surface area contributed by atoms with Crippen molar-refractivity contribution in [1.82, 2.24) is 5.32 Å². The smallest absolute Gasteiger partial charge is 0.126 e. The molecule has 1 fully saturated rings. The molecule has 1 aliphatic rings.